The van der Waals surface area contributed by atoms with Crippen molar-refractivity contribution in [3.05, 3.63) is 23.1 Å². The van der Waals surface area contributed by atoms with Gasteiger partial charge in [-0.15, -0.1) is 11.3 Å². The van der Waals surface area contributed by atoms with Gasteiger partial charge in [-0.05, 0) is 43.4 Å². The summed E-state index contributed by atoms with van der Waals surface area (Å²) in [5, 5.41) is 10.9. The predicted molar refractivity (Wildman–Crippen MR) is 76.5 cm³/mol. The van der Waals surface area contributed by atoms with Gasteiger partial charge in [0.05, 0.1) is 18.0 Å². The third-order valence-electron chi connectivity index (χ3n) is 4.74. The third-order valence-corrected chi connectivity index (χ3v) is 6.01. The van der Waals surface area contributed by atoms with Crippen molar-refractivity contribution in [1.29, 1.82) is 0 Å². The Morgan fingerprint density at radius 1 is 1.37 bits per heavy atom. The molecule has 0 aliphatic heterocycles. The van der Waals surface area contributed by atoms with Crippen molar-refractivity contribution in [2.45, 2.75) is 51.0 Å². The summed E-state index contributed by atoms with van der Waals surface area (Å²) in [6.45, 7) is 2.30. The topological polar surface area (TPSA) is 37.5 Å². The SMILES string of the molecule is CC1CCC(C(O)c2c(C3CC3)sc3cncn23)C1. The number of aliphatic hydroxyl groups is 1. The molecule has 4 heteroatoms. The van der Waals surface area contributed by atoms with Crippen LogP contribution in [-0.2, 0) is 0 Å². The van der Waals surface area contributed by atoms with E-state index in [1.807, 2.05) is 23.9 Å². The van der Waals surface area contributed by atoms with Crippen LogP contribution in [-0.4, -0.2) is 14.5 Å². The molecule has 2 heterocycles. The number of imidazole rings is 1. The average Bonchev–Trinajstić information content (AvgIpc) is 2.83. The highest BCUT2D eigenvalue weighted by atomic mass is 32.1. The van der Waals surface area contributed by atoms with E-state index < -0.39 is 0 Å². The maximum atomic E-state index is 10.9. The maximum Gasteiger partial charge on any atom is 0.120 e. The molecule has 2 aromatic rings. The van der Waals surface area contributed by atoms with E-state index >= 15 is 0 Å². The molecule has 0 amide bonds. The van der Waals surface area contributed by atoms with Gasteiger partial charge >= 0.3 is 0 Å². The van der Waals surface area contributed by atoms with Gasteiger partial charge in [0.1, 0.15) is 11.2 Å². The van der Waals surface area contributed by atoms with Gasteiger partial charge in [-0.3, -0.25) is 4.40 Å². The van der Waals surface area contributed by atoms with Gasteiger partial charge in [0, 0.05) is 4.88 Å². The second kappa shape index (κ2) is 4.32. The summed E-state index contributed by atoms with van der Waals surface area (Å²) >= 11 is 1.83. The first-order valence-electron chi connectivity index (χ1n) is 7.36. The summed E-state index contributed by atoms with van der Waals surface area (Å²) in [5.74, 6) is 1.90. The molecule has 2 saturated carbocycles. The summed E-state index contributed by atoms with van der Waals surface area (Å²) in [6, 6.07) is 0. The van der Waals surface area contributed by atoms with Crippen LogP contribution < -0.4 is 0 Å². The zero-order valence-corrected chi connectivity index (χ0v) is 12.1. The van der Waals surface area contributed by atoms with Gasteiger partial charge in [0.15, 0.2) is 0 Å². The van der Waals surface area contributed by atoms with Gasteiger partial charge in [-0.1, -0.05) is 13.3 Å². The Morgan fingerprint density at radius 3 is 2.89 bits per heavy atom. The third kappa shape index (κ3) is 1.93. The molecule has 3 nitrogen and oxygen atoms in total. The van der Waals surface area contributed by atoms with Gasteiger partial charge < -0.3 is 5.11 Å². The van der Waals surface area contributed by atoms with Crippen LogP contribution >= 0.6 is 11.3 Å². The standard InChI is InChI=1S/C15H20N2OS/c1-9-2-3-11(6-9)14(18)13-15(10-4-5-10)19-12-7-16-8-17(12)13/h7-11,14,18H,2-6H2,1H3. The Balaban J connectivity index is 1.75. The normalized spacial score (nSPS) is 29.2. The fourth-order valence-electron chi connectivity index (χ4n) is 3.51. The zero-order chi connectivity index (χ0) is 13.0. The number of aromatic nitrogens is 2. The van der Waals surface area contributed by atoms with E-state index in [-0.39, 0.29) is 6.10 Å². The number of hydrogen-bond acceptors (Lipinski definition) is 3. The van der Waals surface area contributed by atoms with E-state index in [4.69, 9.17) is 0 Å². The van der Waals surface area contributed by atoms with Crippen LogP contribution in [0.1, 0.15) is 61.6 Å². The minimum atomic E-state index is -0.302. The molecule has 2 aliphatic carbocycles. The van der Waals surface area contributed by atoms with E-state index in [0.717, 1.165) is 18.0 Å². The molecule has 0 spiro atoms. The van der Waals surface area contributed by atoms with E-state index in [1.165, 1.54) is 35.4 Å². The number of thiazole rings is 1. The Hall–Kier alpha value is -0.870. The van der Waals surface area contributed by atoms with E-state index in [2.05, 4.69) is 16.3 Å². The van der Waals surface area contributed by atoms with Crippen molar-refractivity contribution in [1.82, 2.24) is 9.38 Å². The van der Waals surface area contributed by atoms with Crippen molar-refractivity contribution < 1.29 is 5.11 Å². The maximum absolute atomic E-state index is 10.9. The number of fused-ring (bicyclic) bond motifs is 1. The Bertz CT molecular complexity index is 598. The molecule has 4 rings (SSSR count). The highest BCUT2D eigenvalue weighted by Crippen LogP contribution is 2.49. The minimum Gasteiger partial charge on any atom is -0.387 e. The lowest BCUT2D eigenvalue weighted by Gasteiger charge is -2.19. The van der Waals surface area contributed by atoms with Crippen LogP contribution in [0.25, 0.3) is 4.83 Å². The molecular weight excluding hydrogens is 256 g/mol. The molecule has 19 heavy (non-hydrogen) atoms. The molecule has 2 fully saturated rings. The molecule has 3 unspecified atom stereocenters. The molecular formula is C15H20N2OS. The number of nitrogens with zero attached hydrogens (tertiary/aromatic N) is 2. The first kappa shape index (κ1) is 11.9. The fraction of sp³-hybridized carbons (Fsp3) is 0.667. The average molecular weight is 276 g/mol. The molecule has 2 aliphatic rings. The van der Waals surface area contributed by atoms with Crippen molar-refractivity contribution >= 4 is 16.2 Å². The second-order valence-electron chi connectivity index (χ2n) is 6.35. The predicted octanol–water partition coefficient (Wildman–Crippen LogP) is 3.74. The van der Waals surface area contributed by atoms with Gasteiger partial charge in [0.2, 0.25) is 0 Å². The van der Waals surface area contributed by atoms with Crippen LogP contribution in [0.3, 0.4) is 0 Å². The molecule has 1 N–H and O–H groups in total. The summed E-state index contributed by atoms with van der Waals surface area (Å²) < 4.78 is 2.13. The highest BCUT2D eigenvalue weighted by Gasteiger charge is 2.36. The summed E-state index contributed by atoms with van der Waals surface area (Å²) in [6.07, 6.45) is 9.66. The van der Waals surface area contributed by atoms with E-state index in [0.29, 0.717) is 11.8 Å². The highest BCUT2D eigenvalue weighted by molar-refractivity contribution is 7.17. The van der Waals surface area contributed by atoms with Gasteiger partial charge in [-0.2, -0.15) is 0 Å². The molecule has 0 saturated heterocycles. The lowest BCUT2D eigenvalue weighted by molar-refractivity contribution is 0.104. The first-order chi connectivity index (χ1) is 9.24. The van der Waals surface area contributed by atoms with Crippen LogP contribution in [0.15, 0.2) is 12.5 Å². The van der Waals surface area contributed by atoms with Crippen LogP contribution in [0, 0.1) is 11.8 Å². The monoisotopic (exact) mass is 276 g/mol. The lowest BCUT2D eigenvalue weighted by atomic mass is 9.95. The minimum absolute atomic E-state index is 0.302. The van der Waals surface area contributed by atoms with E-state index in [9.17, 15) is 5.11 Å². The van der Waals surface area contributed by atoms with Crippen molar-refractivity contribution in [3.63, 3.8) is 0 Å². The summed E-state index contributed by atoms with van der Waals surface area (Å²) in [5.41, 5.74) is 1.15. The molecule has 102 valence electrons. The summed E-state index contributed by atoms with van der Waals surface area (Å²) in [7, 11) is 0. The van der Waals surface area contributed by atoms with Crippen LogP contribution in [0.5, 0.6) is 0 Å². The van der Waals surface area contributed by atoms with E-state index in [1.54, 1.807) is 0 Å². The zero-order valence-electron chi connectivity index (χ0n) is 11.2. The smallest absolute Gasteiger partial charge is 0.120 e. The van der Waals surface area contributed by atoms with Crippen molar-refractivity contribution in [3.8, 4) is 0 Å². The molecule has 0 radical (unpaired) electrons. The summed E-state index contributed by atoms with van der Waals surface area (Å²) in [4.78, 5) is 6.83. The molecule has 2 aromatic heterocycles. The van der Waals surface area contributed by atoms with Gasteiger partial charge in [0.25, 0.3) is 0 Å². The largest absolute Gasteiger partial charge is 0.387 e. The number of rotatable bonds is 3. The molecule has 0 bridgehead atoms. The van der Waals surface area contributed by atoms with Crippen LogP contribution in [0.2, 0.25) is 0 Å². The lowest BCUT2D eigenvalue weighted by Crippen LogP contribution is -2.13. The van der Waals surface area contributed by atoms with Crippen LogP contribution in [0.4, 0.5) is 0 Å². The Labute approximate surface area is 117 Å². The molecule has 0 aromatic carbocycles. The Kier molecular flexibility index (Phi) is 2.71. The quantitative estimate of drug-likeness (QED) is 0.927. The van der Waals surface area contributed by atoms with Crippen molar-refractivity contribution in [2.24, 2.45) is 11.8 Å². The first-order valence-corrected chi connectivity index (χ1v) is 8.18. The Morgan fingerprint density at radius 2 is 2.21 bits per heavy atom. The number of hydrogen-bond donors (Lipinski definition) is 1. The number of aliphatic hydroxyl groups excluding tert-OH is 1. The van der Waals surface area contributed by atoms with Crippen molar-refractivity contribution in [2.75, 3.05) is 0 Å². The van der Waals surface area contributed by atoms with Gasteiger partial charge in [-0.25, -0.2) is 4.98 Å². The molecule has 3 atom stereocenters. The second-order valence-corrected chi connectivity index (χ2v) is 7.41. The fourth-order valence-corrected chi connectivity index (χ4v) is 4.82.